The Kier molecular flexibility index (Phi) is 4.79. The summed E-state index contributed by atoms with van der Waals surface area (Å²) in [6.45, 7) is 7.95. The Labute approximate surface area is 176 Å². The van der Waals surface area contributed by atoms with Crippen molar-refractivity contribution in [3.8, 4) is 16.9 Å². The zero-order valence-electron chi connectivity index (χ0n) is 17.0. The summed E-state index contributed by atoms with van der Waals surface area (Å²) in [5, 5.41) is 7.38. The maximum absolute atomic E-state index is 12.8. The van der Waals surface area contributed by atoms with Crippen LogP contribution in [0.15, 0.2) is 35.0 Å². The van der Waals surface area contributed by atoms with Gasteiger partial charge in [0.25, 0.3) is 0 Å². The molecule has 3 fully saturated rings. The molecule has 1 amide bonds. The van der Waals surface area contributed by atoms with Crippen molar-refractivity contribution in [1.29, 1.82) is 0 Å². The number of hydrogen-bond acceptors (Lipinski definition) is 5. The van der Waals surface area contributed by atoms with E-state index in [1.165, 1.54) is 5.56 Å². The van der Waals surface area contributed by atoms with E-state index in [9.17, 15) is 4.79 Å². The van der Waals surface area contributed by atoms with Crippen molar-refractivity contribution >= 4 is 17.4 Å². The van der Waals surface area contributed by atoms with Gasteiger partial charge >= 0.3 is 6.09 Å². The minimum absolute atomic E-state index is 0.0147. The molecule has 0 saturated carbocycles. The van der Waals surface area contributed by atoms with Gasteiger partial charge in [-0.25, -0.2) is 4.79 Å². The van der Waals surface area contributed by atoms with Gasteiger partial charge < -0.3 is 14.8 Å². The Hall–Kier alpha value is -2.05. The van der Waals surface area contributed by atoms with Crippen LogP contribution in [0.5, 0.6) is 5.75 Å². The molecule has 4 aliphatic heterocycles. The van der Waals surface area contributed by atoms with Gasteiger partial charge in [-0.2, -0.15) is 11.3 Å². The first-order valence-corrected chi connectivity index (χ1v) is 11.4. The fourth-order valence-electron chi connectivity index (χ4n) is 4.88. The molecule has 6 heteroatoms. The highest BCUT2D eigenvalue weighted by Gasteiger charge is 2.41. The van der Waals surface area contributed by atoms with Crippen LogP contribution >= 0.6 is 11.3 Å². The lowest BCUT2D eigenvalue weighted by Gasteiger charge is -2.44. The molecule has 6 rings (SSSR count). The van der Waals surface area contributed by atoms with Gasteiger partial charge in [0.2, 0.25) is 0 Å². The average Bonchev–Trinajstić information content (AvgIpc) is 3.26. The number of fused-ring (bicyclic) bond motifs is 4. The minimum Gasteiger partial charge on any atom is -0.493 e. The van der Waals surface area contributed by atoms with Gasteiger partial charge in [-0.15, -0.1) is 0 Å². The van der Waals surface area contributed by atoms with E-state index in [0.717, 1.165) is 49.4 Å². The van der Waals surface area contributed by atoms with Gasteiger partial charge in [-0.1, -0.05) is 26.0 Å². The van der Waals surface area contributed by atoms with Crippen molar-refractivity contribution in [2.24, 2.45) is 11.3 Å². The number of nitrogens with one attached hydrogen (secondary N) is 1. The zero-order valence-corrected chi connectivity index (χ0v) is 17.8. The van der Waals surface area contributed by atoms with Gasteiger partial charge in [0, 0.05) is 17.5 Å². The molecule has 0 spiro atoms. The summed E-state index contributed by atoms with van der Waals surface area (Å²) in [6.07, 6.45) is 1.97. The second-order valence-electron chi connectivity index (χ2n) is 9.20. The minimum atomic E-state index is -0.309. The van der Waals surface area contributed by atoms with Crippen molar-refractivity contribution in [3.63, 3.8) is 0 Å². The van der Waals surface area contributed by atoms with E-state index in [0.29, 0.717) is 12.5 Å². The molecule has 154 valence electrons. The van der Waals surface area contributed by atoms with E-state index in [-0.39, 0.29) is 23.7 Å². The number of nitrogens with zero attached hydrogens (tertiary/aromatic N) is 1. The number of hydrogen-bond donors (Lipinski definition) is 1. The molecule has 1 N–H and O–H groups in total. The van der Waals surface area contributed by atoms with Gasteiger partial charge in [0.1, 0.15) is 11.9 Å². The van der Waals surface area contributed by atoms with Crippen LogP contribution in [-0.2, 0) is 4.74 Å². The van der Waals surface area contributed by atoms with Gasteiger partial charge in [-0.05, 0) is 65.9 Å². The number of alkyl carbamates (subject to hydrolysis) is 1. The van der Waals surface area contributed by atoms with Crippen molar-refractivity contribution in [3.05, 3.63) is 40.6 Å². The predicted octanol–water partition coefficient (Wildman–Crippen LogP) is 4.70. The molecule has 5 nitrogen and oxygen atoms in total. The maximum Gasteiger partial charge on any atom is 0.407 e. The molecule has 0 aliphatic carbocycles. The molecule has 3 saturated heterocycles. The Morgan fingerprint density at radius 1 is 1.24 bits per heavy atom. The highest BCUT2D eigenvalue weighted by atomic mass is 32.1. The van der Waals surface area contributed by atoms with E-state index in [1.807, 2.05) is 0 Å². The fourth-order valence-corrected chi connectivity index (χ4v) is 5.55. The van der Waals surface area contributed by atoms with Crippen molar-refractivity contribution in [2.75, 3.05) is 26.2 Å². The van der Waals surface area contributed by atoms with E-state index in [1.54, 1.807) is 11.3 Å². The second kappa shape index (κ2) is 7.33. The zero-order chi connectivity index (χ0) is 20.0. The summed E-state index contributed by atoms with van der Waals surface area (Å²) in [5.41, 5.74) is 3.13. The lowest BCUT2D eigenvalue weighted by atomic mass is 9.78. The smallest absolute Gasteiger partial charge is 0.407 e. The highest BCUT2D eigenvalue weighted by molar-refractivity contribution is 7.08. The molecule has 1 aromatic heterocycles. The van der Waals surface area contributed by atoms with Crippen molar-refractivity contribution in [1.82, 2.24) is 10.2 Å². The van der Waals surface area contributed by atoms with Gasteiger partial charge in [0.15, 0.2) is 0 Å². The van der Waals surface area contributed by atoms with Crippen LogP contribution in [0.4, 0.5) is 4.79 Å². The SMILES string of the molecule is CC1(C)COc2cc(-c3ccsc3)ccc2C1NC(=O)O[C@@H]1CN2CCC1CC2. The second-order valence-corrected chi connectivity index (χ2v) is 9.98. The number of rotatable bonds is 3. The number of piperidine rings is 3. The summed E-state index contributed by atoms with van der Waals surface area (Å²) >= 11 is 1.68. The first-order chi connectivity index (χ1) is 14.0. The molecule has 2 atom stereocenters. The summed E-state index contributed by atoms with van der Waals surface area (Å²) < 4.78 is 12.0. The first kappa shape index (κ1) is 18.9. The molecule has 0 radical (unpaired) electrons. The Morgan fingerprint density at radius 2 is 2.07 bits per heavy atom. The van der Waals surface area contributed by atoms with Crippen molar-refractivity contribution < 1.29 is 14.3 Å². The lowest BCUT2D eigenvalue weighted by Crippen LogP contribution is -2.53. The van der Waals surface area contributed by atoms with E-state index >= 15 is 0 Å². The predicted molar refractivity (Wildman–Crippen MR) is 114 cm³/mol. The molecule has 2 aromatic rings. The molecule has 1 aromatic carbocycles. The van der Waals surface area contributed by atoms with Gasteiger partial charge in [-0.3, -0.25) is 4.90 Å². The third-order valence-corrected chi connectivity index (χ3v) is 7.36. The molecular weight excluding hydrogens is 384 g/mol. The van der Waals surface area contributed by atoms with Crippen LogP contribution in [0, 0.1) is 11.3 Å². The largest absolute Gasteiger partial charge is 0.493 e. The number of thiophene rings is 1. The topological polar surface area (TPSA) is 50.8 Å². The monoisotopic (exact) mass is 412 g/mol. The van der Waals surface area contributed by atoms with Crippen LogP contribution < -0.4 is 10.1 Å². The Bertz CT molecular complexity index is 888. The molecule has 29 heavy (non-hydrogen) atoms. The van der Waals surface area contributed by atoms with Crippen molar-refractivity contribution in [2.45, 2.75) is 38.8 Å². The molecule has 1 unspecified atom stereocenters. The third kappa shape index (κ3) is 3.64. The van der Waals surface area contributed by atoms with Crippen LogP contribution in [0.3, 0.4) is 0 Å². The standard InChI is InChI=1S/C23H28N2O3S/c1-23(2)14-27-19-11-16(17-7-10-29-13-17)3-4-18(19)21(23)24-22(26)28-20-12-25-8-5-15(20)6-9-25/h3-4,7,10-11,13,15,20-21H,5-6,8-9,12,14H2,1-2H3,(H,24,26)/t20-,21?/m1/s1. The average molecular weight is 413 g/mol. The van der Waals surface area contributed by atoms with E-state index in [4.69, 9.17) is 9.47 Å². The lowest BCUT2D eigenvalue weighted by molar-refractivity contribution is -0.0361. The highest BCUT2D eigenvalue weighted by Crippen LogP contribution is 2.44. The third-order valence-electron chi connectivity index (χ3n) is 6.68. The normalized spacial score (nSPS) is 29.6. The number of carbonyl (C=O) groups is 1. The van der Waals surface area contributed by atoms with Crippen LogP contribution in [-0.4, -0.2) is 43.3 Å². The number of benzene rings is 1. The summed E-state index contributed by atoms with van der Waals surface area (Å²) in [4.78, 5) is 15.2. The molecule has 5 heterocycles. The Balaban J connectivity index is 1.34. The number of ether oxygens (including phenoxy) is 2. The first-order valence-electron chi connectivity index (χ1n) is 10.5. The maximum atomic E-state index is 12.8. The van der Waals surface area contributed by atoms with E-state index < -0.39 is 0 Å². The summed E-state index contributed by atoms with van der Waals surface area (Å²) in [7, 11) is 0. The van der Waals surface area contributed by atoms with Crippen LogP contribution in [0.2, 0.25) is 0 Å². The van der Waals surface area contributed by atoms with Crippen LogP contribution in [0.25, 0.3) is 11.1 Å². The molecular formula is C23H28N2O3S. The van der Waals surface area contributed by atoms with Gasteiger partial charge in [0.05, 0.1) is 12.6 Å². The summed E-state index contributed by atoms with van der Waals surface area (Å²) in [6, 6.07) is 8.25. The quantitative estimate of drug-likeness (QED) is 0.794. The fraction of sp³-hybridized carbons (Fsp3) is 0.522. The van der Waals surface area contributed by atoms with Crippen LogP contribution in [0.1, 0.15) is 38.3 Å². The number of amides is 1. The molecule has 2 bridgehead atoms. The Morgan fingerprint density at radius 3 is 2.76 bits per heavy atom. The van der Waals surface area contributed by atoms with E-state index in [2.05, 4.69) is 59.1 Å². The number of carbonyl (C=O) groups excluding carboxylic acids is 1. The summed E-state index contributed by atoms with van der Waals surface area (Å²) in [5.74, 6) is 1.36. The molecule has 4 aliphatic rings.